The highest BCUT2D eigenvalue weighted by molar-refractivity contribution is 9.10. The van der Waals surface area contributed by atoms with Crippen LogP contribution in [0.3, 0.4) is 0 Å². The number of carbonyl (C=O) groups excluding carboxylic acids is 2. The van der Waals surface area contributed by atoms with E-state index in [1.807, 2.05) is 50.2 Å². The fourth-order valence-electron chi connectivity index (χ4n) is 2.62. The Balaban J connectivity index is 2.12. The molecule has 0 bridgehead atoms. The SMILES string of the molecule is CNC(=O)C(C)N(Cc1ccc(C)cc1)C(=O)COc1ccc(Br)c(C)c1. The zero-order chi connectivity index (χ0) is 20.0. The number of halogens is 1. The highest BCUT2D eigenvalue weighted by atomic mass is 79.9. The Kier molecular flexibility index (Phi) is 7.42. The van der Waals surface area contributed by atoms with E-state index in [1.54, 1.807) is 20.0 Å². The number of nitrogens with one attached hydrogen (secondary N) is 1. The third-order valence-corrected chi connectivity index (χ3v) is 5.27. The second kappa shape index (κ2) is 9.55. The minimum atomic E-state index is -0.598. The first-order valence-corrected chi connectivity index (χ1v) is 9.56. The Morgan fingerprint density at radius 2 is 1.81 bits per heavy atom. The number of hydrogen-bond acceptors (Lipinski definition) is 3. The number of hydrogen-bond donors (Lipinski definition) is 1. The fourth-order valence-corrected chi connectivity index (χ4v) is 2.86. The Morgan fingerprint density at radius 1 is 1.15 bits per heavy atom. The van der Waals surface area contributed by atoms with Crippen molar-refractivity contribution in [3.05, 3.63) is 63.6 Å². The zero-order valence-corrected chi connectivity index (χ0v) is 17.7. The van der Waals surface area contributed by atoms with Gasteiger partial charge in [0.25, 0.3) is 5.91 Å². The average molecular weight is 433 g/mol. The van der Waals surface area contributed by atoms with Crippen LogP contribution in [0.2, 0.25) is 0 Å². The van der Waals surface area contributed by atoms with Crippen LogP contribution < -0.4 is 10.1 Å². The molecule has 5 nitrogen and oxygen atoms in total. The largest absolute Gasteiger partial charge is 0.484 e. The normalized spacial score (nSPS) is 11.6. The van der Waals surface area contributed by atoms with E-state index >= 15 is 0 Å². The topological polar surface area (TPSA) is 58.6 Å². The summed E-state index contributed by atoms with van der Waals surface area (Å²) in [6, 6.07) is 12.9. The predicted molar refractivity (Wildman–Crippen MR) is 110 cm³/mol. The third kappa shape index (κ3) is 5.82. The summed E-state index contributed by atoms with van der Waals surface area (Å²) in [6.45, 7) is 5.89. The first-order chi connectivity index (χ1) is 12.8. The molecule has 0 aliphatic heterocycles. The van der Waals surface area contributed by atoms with E-state index in [1.165, 1.54) is 4.90 Å². The number of benzene rings is 2. The molecule has 6 heteroatoms. The molecule has 0 radical (unpaired) electrons. The van der Waals surface area contributed by atoms with E-state index in [-0.39, 0.29) is 18.4 Å². The molecule has 1 unspecified atom stereocenters. The maximum atomic E-state index is 12.8. The summed E-state index contributed by atoms with van der Waals surface area (Å²) < 4.78 is 6.64. The lowest BCUT2D eigenvalue weighted by atomic mass is 10.1. The van der Waals surface area contributed by atoms with Crippen molar-refractivity contribution >= 4 is 27.7 Å². The van der Waals surface area contributed by atoms with Gasteiger partial charge in [-0.25, -0.2) is 0 Å². The maximum absolute atomic E-state index is 12.8. The molecule has 0 spiro atoms. The van der Waals surface area contributed by atoms with E-state index in [2.05, 4.69) is 21.2 Å². The standard InChI is InChI=1S/C21H25BrN2O3/c1-14-5-7-17(8-6-14)12-24(16(3)21(26)23-4)20(25)13-27-18-9-10-19(22)15(2)11-18/h5-11,16H,12-13H2,1-4H3,(H,23,26). The van der Waals surface area contributed by atoms with Gasteiger partial charge in [0.05, 0.1) is 0 Å². The van der Waals surface area contributed by atoms with Gasteiger partial charge in [0.2, 0.25) is 5.91 Å². The van der Waals surface area contributed by atoms with E-state index in [0.29, 0.717) is 12.3 Å². The lowest BCUT2D eigenvalue weighted by Gasteiger charge is -2.28. The van der Waals surface area contributed by atoms with Crippen LogP contribution >= 0.6 is 15.9 Å². The van der Waals surface area contributed by atoms with Crippen LogP contribution in [0.4, 0.5) is 0 Å². The van der Waals surface area contributed by atoms with Crippen LogP contribution in [-0.2, 0) is 16.1 Å². The molecular formula is C21H25BrN2O3. The summed E-state index contributed by atoms with van der Waals surface area (Å²) in [4.78, 5) is 26.5. The monoisotopic (exact) mass is 432 g/mol. The molecule has 2 rings (SSSR count). The first-order valence-electron chi connectivity index (χ1n) is 8.77. The molecule has 1 atom stereocenters. The van der Waals surface area contributed by atoms with Gasteiger partial charge in [-0.1, -0.05) is 45.8 Å². The van der Waals surface area contributed by atoms with Gasteiger partial charge in [0, 0.05) is 18.1 Å². The molecule has 2 aromatic rings. The lowest BCUT2D eigenvalue weighted by molar-refractivity contribution is -0.142. The van der Waals surface area contributed by atoms with E-state index in [0.717, 1.165) is 21.2 Å². The van der Waals surface area contributed by atoms with Gasteiger partial charge < -0.3 is 15.0 Å². The van der Waals surface area contributed by atoms with Gasteiger partial charge in [-0.2, -0.15) is 0 Å². The van der Waals surface area contributed by atoms with Gasteiger partial charge in [-0.3, -0.25) is 9.59 Å². The minimum absolute atomic E-state index is 0.131. The quantitative estimate of drug-likeness (QED) is 0.726. The maximum Gasteiger partial charge on any atom is 0.261 e. The van der Waals surface area contributed by atoms with Gasteiger partial charge in [-0.15, -0.1) is 0 Å². The molecule has 2 amide bonds. The van der Waals surface area contributed by atoms with Gasteiger partial charge in [0.15, 0.2) is 6.61 Å². The Hall–Kier alpha value is -2.34. The van der Waals surface area contributed by atoms with Crippen LogP contribution in [0, 0.1) is 13.8 Å². The molecule has 0 fully saturated rings. The summed E-state index contributed by atoms with van der Waals surface area (Å²) in [6.07, 6.45) is 0. The minimum Gasteiger partial charge on any atom is -0.484 e. The van der Waals surface area contributed by atoms with Crippen LogP contribution in [-0.4, -0.2) is 36.4 Å². The number of amides is 2. The third-order valence-electron chi connectivity index (χ3n) is 4.38. The van der Waals surface area contributed by atoms with E-state index in [9.17, 15) is 9.59 Å². The molecule has 27 heavy (non-hydrogen) atoms. The van der Waals surface area contributed by atoms with Crippen molar-refractivity contribution in [1.82, 2.24) is 10.2 Å². The van der Waals surface area contributed by atoms with Crippen molar-refractivity contribution in [1.29, 1.82) is 0 Å². The molecule has 2 aromatic carbocycles. The Labute approximate surface area is 168 Å². The van der Waals surface area contributed by atoms with Crippen molar-refractivity contribution in [3.8, 4) is 5.75 Å². The highest BCUT2D eigenvalue weighted by Crippen LogP contribution is 2.21. The molecular weight excluding hydrogens is 408 g/mol. The summed E-state index contributed by atoms with van der Waals surface area (Å²) in [5.74, 6) is 0.161. The number of carbonyl (C=O) groups is 2. The number of nitrogens with zero attached hydrogens (tertiary/aromatic N) is 1. The molecule has 0 aromatic heterocycles. The number of ether oxygens (including phenoxy) is 1. The van der Waals surface area contributed by atoms with Crippen molar-refractivity contribution in [3.63, 3.8) is 0 Å². The fraction of sp³-hybridized carbons (Fsp3) is 0.333. The van der Waals surface area contributed by atoms with Crippen LogP contribution in [0.25, 0.3) is 0 Å². The van der Waals surface area contributed by atoms with Crippen LogP contribution in [0.1, 0.15) is 23.6 Å². The molecule has 144 valence electrons. The van der Waals surface area contributed by atoms with Crippen molar-refractivity contribution in [2.75, 3.05) is 13.7 Å². The van der Waals surface area contributed by atoms with Gasteiger partial charge in [-0.05, 0) is 50.1 Å². The summed E-state index contributed by atoms with van der Waals surface area (Å²) in [5, 5.41) is 2.60. The predicted octanol–water partition coefficient (Wildman–Crippen LogP) is 3.61. The highest BCUT2D eigenvalue weighted by Gasteiger charge is 2.25. The summed E-state index contributed by atoms with van der Waals surface area (Å²) in [5.41, 5.74) is 3.13. The first kappa shape index (κ1) is 21.0. The number of aryl methyl sites for hydroxylation is 2. The number of likely N-dealkylation sites (N-methyl/N-ethyl adjacent to an activating group) is 1. The molecule has 0 heterocycles. The van der Waals surface area contributed by atoms with Crippen molar-refractivity contribution < 1.29 is 14.3 Å². The van der Waals surface area contributed by atoms with Gasteiger partial charge >= 0.3 is 0 Å². The molecule has 0 aliphatic carbocycles. The van der Waals surface area contributed by atoms with Gasteiger partial charge in [0.1, 0.15) is 11.8 Å². The Morgan fingerprint density at radius 3 is 2.41 bits per heavy atom. The van der Waals surface area contributed by atoms with Crippen LogP contribution in [0.15, 0.2) is 46.9 Å². The number of rotatable bonds is 7. The second-order valence-corrected chi connectivity index (χ2v) is 7.35. The second-order valence-electron chi connectivity index (χ2n) is 6.50. The zero-order valence-electron chi connectivity index (χ0n) is 16.1. The lowest BCUT2D eigenvalue weighted by Crippen LogP contribution is -2.48. The summed E-state index contributed by atoms with van der Waals surface area (Å²) >= 11 is 3.44. The van der Waals surface area contributed by atoms with E-state index < -0.39 is 6.04 Å². The van der Waals surface area contributed by atoms with E-state index in [4.69, 9.17) is 4.74 Å². The average Bonchev–Trinajstić information content (AvgIpc) is 2.67. The molecule has 0 aliphatic rings. The molecule has 0 saturated carbocycles. The molecule has 0 saturated heterocycles. The Bertz CT molecular complexity index is 806. The van der Waals surface area contributed by atoms with Crippen molar-refractivity contribution in [2.24, 2.45) is 0 Å². The molecule has 1 N–H and O–H groups in total. The summed E-state index contributed by atoms with van der Waals surface area (Å²) in [7, 11) is 1.56. The van der Waals surface area contributed by atoms with Crippen molar-refractivity contribution in [2.45, 2.75) is 33.4 Å². The van der Waals surface area contributed by atoms with Crippen LogP contribution in [0.5, 0.6) is 5.75 Å². The smallest absolute Gasteiger partial charge is 0.261 e.